The van der Waals surface area contributed by atoms with Gasteiger partial charge in [0.15, 0.2) is 0 Å². The van der Waals surface area contributed by atoms with Crippen LogP contribution >= 0.6 is 0 Å². The van der Waals surface area contributed by atoms with Crippen LogP contribution in [0.25, 0.3) is 0 Å². The van der Waals surface area contributed by atoms with Crippen molar-refractivity contribution < 1.29 is 23.6 Å². The molecule has 0 heterocycles. The van der Waals surface area contributed by atoms with Gasteiger partial charge in [-0.05, 0) is 35.4 Å². The third-order valence-electron chi connectivity index (χ3n) is 3.59. The molecule has 0 aliphatic carbocycles. The standard InChI is InChI=1S/C19H21NO5S/c1-25-8-9-26(24)13-15-5-3-7-17(11-15)20-18(21)12-14-4-2-6-16(10-14)19(22)23/h2-7,10-11H,8-9,12-13H2,1H3,(H,20,21)(H,22,23). The van der Waals surface area contributed by atoms with Gasteiger partial charge < -0.3 is 15.2 Å². The predicted octanol–water partition coefficient (Wildman–Crippen LogP) is 2.46. The van der Waals surface area contributed by atoms with Gasteiger partial charge in [-0.2, -0.15) is 0 Å². The third kappa shape index (κ3) is 6.42. The number of carbonyl (C=O) groups is 2. The van der Waals surface area contributed by atoms with Gasteiger partial charge in [0.2, 0.25) is 5.91 Å². The number of methoxy groups -OCH3 is 1. The Bertz CT molecular complexity index is 806. The fourth-order valence-electron chi connectivity index (χ4n) is 2.38. The SMILES string of the molecule is COCCS(=O)Cc1cccc(NC(=O)Cc2cccc(C(=O)O)c2)c1. The zero-order valence-corrected chi connectivity index (χ0v) is 15.3. The summed E-state index contributed by atoms with van der Waals surface area (Å²) in [4.78, 5) is 23.2. The average Bonchev–Trinajstić information content (AvgIpc) is 2.60. The Balaban J connectivity index is 1.96. The van der Waals surface area contributed by atoms with Gasteiger partial charge in [-0.3, -0.25) is 9.00 Å². The van der Waals surface area contributed by atoms with Gasteiger partial charge in [0, 0.05) is 35.1 Å². The van der Waals surface area contributed by atoms with E-state index >= 15 is 0 Å². The summed E-state index contributed by atoms with van der Waals surface area (Å²) < 4.78 is 16.8. The number of aromatic carboxylic acids is 1. The Hall–Kier alpha value is -2.51. The van der Waals surface area contributed by atoms with E-state index in [0.29, 0.717) is 29.4 Å². The summed E-state index contributed by atoms with van der Waals surface area (Å²) in [6.45, 7) is 0.443. The minimum atomic E-state index is -1.03. The summed E-state index contributed by atoms with van der Waals surface area (Å²) >= 11 is 0. The van der Waals surface area contributed by atoms with Crippen molar-refractivity contribution in [3.05, 3.63) is 65.2 Å². The number of ether oxygens (including phenoxy) is 1. The van der Waals surface area contributed by atoms with Crippen LogP contribution in [0.3, 0.4) is 0 Å². The van der Waals surface area contributed by atoms with Crippen LogP contribution in [0.4, 0.5) is 5.69 Å². The number of hydrogen-bond donors (Lipinski definition) is 2. The molecule has 7 heteroatoms. The van der Waals surface area contributed by atoms with Crippen molar-refractivity contribution in [2.45, 2.75) is 12.2 Å². The Kier molecular flexibility index (Phi) is 7.50. The molecule has 1 amide bonds. The van der Waals surface area contributed by atoms with Crippen molar-refractivity contribution in [2.75, 3.05) is 24.8 Å². The van der Waals surface area contributed by atoms with Crippen molar-refractivity contribution in [1.82, 2.24) is 0 Å². The minimum absolute atomic E-state index is 0.0745. The number of carbonyl (C=O) groups excluding carboxylic acids is 1. The molecule has 1 unspecified atom stereocenters. The smallest absolute Gasteiger partial charge is 0.335 e. The lowest BCUT2D eigenvalue weighted by atomic mass is 10.1. The van der Waals surface area contributed by atoms with Crippen LogP contribution < -0.4 is 5.32 Å². The highest BCUT2D eigenvalue weighted by atomic mass is 32.2. The highest BCUT2D eigenvalue weighted by molar-refractivity contribution is 7.84. The van der Waals surface area contributed by atoms with Crippen molar-refractivity contribution in [3.8, 4) is 0 Å². The van der Waals surface area contributed by atoms with Crippen molar-refractivity contribution >= 4 is 28.4 Å². The summed E-state index contributed by atoms with van der Waals surface area (Å²) in [5.41, 5.74) is 2.26. The van der Waals surface area contributed by atoms with Crippen LogP contribution in [0, 0.1) is 0 Å². The number of carboxylic acid groups (broad SMARTS) is 1. The molecule has 2 N–H and O–H groups in total. The molecule has 2 aromatic carbocycles. The van der Waals surface area contributed by atoms with Gasteiger partial charge in [-0.15, -0.1) is 0 Å². The summed E-state index contributed by atoms with van der Waals surface area (Å²) in [6.07, 6.45) is 0.0745. The number of nitrogens with one attached hydrogen (secondary N) is 1. The van der Waals surface area contributed by atoms with E-state index in [1.807, 2.05) is 6.07 Å². The topological polar surface area (TPSA) is 92.7 Å². The molecule has 6 nitrogen and oxygen atoms in total. The van der Waals surface area contributed by atoms with E-state index in [0.717, 1.165) is 5.56 Å². The first-order valence-electron chi connectivity index (χ1n) is 8.03. The molecule has 0 bridgehead atoms. The first-order chi connectivity index (χ1) is 12.5. The maximum Gasteiger partial charge on any atom is 0.335 e. The van der Waals surface area contributed by atoms with Crippen LogP contribution in [0.5, 0.6) is 0 Å². The van der Waals surface area contributed by atoms with Crippen molar-refractivity contribution in [1.29, 1.82) is 0 Å². The molecule has 0 spiro atoms. The van der Waals surface area contributed by atoms with Gasteiger partial charge in [0.1, 0.15) is 0 Å². The number of anilines is 1. The zero-order chi connectivity index (χ0) is 18.9. The van der Waals surface area contributed by atoms with E-state index in [1.54, 1.807) is 37.4 Å². The molecule has 0 aliphatic rings. The maximum absolute atomic E-state index is 12.2. The molecule has 1 atom stereocenters. The lowest BCUT2D eigenvalue weighted by molar-refractivity contribution is -0.115. The molecule has 0 fully saturated rings. The number of amides is 1. The molecular weight excluding hydrogens is 354 g/mol. The normalized spacial score (nSPS) is 11.7. The van der Waals surface area contributed by atoms with E-state index in [9.17, 15) is 13.8 Å². The summed E-state index contributed by atoms with van der Waals surface area (Å²) in [7, 11) is 0.545. The van der Waals surface area contributed by atoms with E-state index in [1.165, 1.54) is 12.1 Å². The summed E-state index contributed by atoms with van der Waals surface area (Å²) in [6, 6.07) is 13.5. The van der Waals surface area contributed by atoms with Crippen LogP contribution in [0.15, 0.2) is 48.5 Å². The van der Waals surface area contributed by atoms with Gasteiger partial charge in [-0.25, -0.2) is 4.79 Å². The molecule has 0 radical (unpaired) electrons. The lowest BCUT2D eigenvalue weighted by Gasteiger charge is -2.08. The molecule has 2 aromatic rings. The number of hydrogen-bond acceptors (Lipinski definition) is 4. The first-order valence-corrected chi connectivity index (χ1v) is 9.51. The van der Waals surface area contributed by atoms with Gasteiger partial charge in [0.05, 0.1) is 18.6 Å². The maximum atomic E-state index is 12.2. The molecule has 0 saturated carbocycles. The Morgan fingerprint density at radius 2 is 1.85 bits per heavy atom. The largest absolute Gasteiger partial charge is 0.478 e. The second kappa shape index (κ2) is 9.84. The Morgan fingerprint density at radius 1 is 1.12 bits per heavy atom. The van der Waals surface area contributed by atoms with E-state index < -0.39 is 16.8 Å². The van der Waals surface area contributed by atoms with Gasteiger partial charge in [-0.1, -0.05) is 24.3 Å². The predicted molar refractivity (Wildman–Crippen MR) is 101 cm³/mol. The molecule has 0 aliphatic heterocycles. The molecule has 2 rings (SSSR count). The zero-order valence-electron chi connectivity index (χ0n) is 14.4. The lowest BCUT2D eigenvalue weighted by Crippen LogP contribution is -2.15. The van der Waals surface area contributed by atoms with Crippen molar-refractivity contribution in [3.63, 3.8) is 0 Å². The monoisotopic (exact) mass is 375 g/mol. The first kappa shape index (κ1) is 19.8. The number of carboxylic acids is 1. The molecule has 26 heavy (non-hydrogen) atoms. The molecule has 0 aromatic heterocycles. The second-order valence-corrected chi connectivity index (χ2v) is 7.29. The minimum Gasteiger partial charge on any atom is -0.478 e. The molecule has 138 valence electrons. The van der Waals surface area contributed by atoms with E-state index in [4.69, 9.17) is 9.84 Å². The fourth-order valence-corrected chi connectivity index (χ4v) is 3.43. The van der Waals surface area contributed by atoms with E-state index in [-0.39, 0.29) is 17.9 Å². The average molecular weight is 375 g/mol. The molecule has 0 saturated heterocycles. The number of benzene rings is 2. The summed E-state index contributed by atoms with van der Waals surface area (Å²) in [5, 5.41) is 11.8. The van der Waals surface area contributed by atoms with Crippen molar-refractivity contribution in [2.24, 2.45) is 0 Å². The highest BCUT2D eigenvalue weighted by Gasteiger charge is 2.09. The number of rotatable bonds is 9. The highest BCUT2D eigenvalue weighted by Crippen LogP contribution is 2.14. The third-order valence-corrected chi connectivity index (χ3v) is 4.87. The Morgan fingerprint density at radius 3 is 2.58 bits per heavy atom. The van der Waals surface area contributed by atoms with Gasteiger partial charge >= 0.3 is 5.97 Å². The quantitative estimate of drug-likeness (QED) is 0.702. The fraction of sp³-hybridized carbons (Fsp3) is 0.263. The Labute approximate surface area is 154 Å². The van der Waals surface area contributed by atoms with Crippen LogP contribution in [0.1, 0.15) is 21.5 Å². The van der Waals surface area contributed by atoms with Crippen LogP contribution in [0.2, 0.25) is 0 Å². The van der Waals surface area contributed by atoms with Crippen LogP contribution in [-0.4, -0.2) is 40.7 Å². The summed E-state index contributed by atoms with van der Waals surface area (Å²) in [5.74, 6) is -0.410. The van der Waals surface area contributed by atoms with E-state index in [2.05, 4.69) is 5.32 Å². The molecular formula is C19H21NO5S. The second-order valence-electron chi connectivity index (χ2n) is 5.71. The van der Waals surface area contributed by atoms with Crippen LogP contribution in [-0.2, 0) is 32.5 Å². The van der Waals surface area contributed by atoms with Gasteiger partial charge in [0.25, 0.3) is 0 Å².